The van der Waals surface area contributed by atoms with Crippen molar-refractivity contribution in [3.8, 4) is 0 Å². The van der Waals surface area contributed by atoms with Gasteiger partial charge in [0.2, 0.25) is 11.8 Å². The quantitative estimate of drug-likeness (QED) is 0.311. The zero-order valence-corrected chi connectivity index (χ0v) is 17.2. The fraction of sp³-hybridized carbons (Fsp3) is 0.250. The Balaban J connectivity index is 1.94. The molecule has 9 nitrogen and oxygen atoms in total. The lowest BCUT2D eigenvalue weighted by Crippen LogP contribution is -2.22. The Morgan fingerprint density at radius 3 is 2.37 bits per heavy atom. The van der Waals surface area contributed by atoms with Gasteiger partial charge >= 0.3 is 5.97 Å². The molecule has 3 N–H and O–H groups in total. The van der Waals surface area contributed by atoms with Crippen LogP contribution in [0.25, 0.3) is 0 Å². The number of carbonyl (C=O) groups is 3. The maximum atomic E-state index is 12.5. The van der Waals surface area contributed by atoms with Crippen molar-refractivity contribution < 1.29 is 24.4 Å². The number of amides is 2. The van der Waals surface area contributed by atoms with Crippen molar-refractivity contribution in [3.63, 3.8) is 0 Å². The van der Waals surface area contributed by atoms with Crippen LogP contribution in [0, 0.1) is 17.0 Å². The van der Waals surface area contributed by atoms with Crippen LogP contribution in [0.15, 0.2) is 47.4 Å². The van der Waals surface area contributed by atoms with Crippen LogP contribution in [-0.4, -0.2) is 33.1 Å². The van der Waals surface area contributed by atoms with Crippen LogP contribution in [0.1, 0.15) is 25.3 Å². The average Bonchev–Trinajstić information content (AvgIpc) is 2.69. The normalized spacial score (nSPS) is 11.4. The van der Waals surface area contributed by atoms with Gasteiger partial charge in [0.1, 0.15) is 0 Å². The van der Waals surface area contributed by atoms with Gasteiger partial charge in [-0.15, -0.1) is 11.8 Å². The standard InChI is InChI=1S/C20H21N3O6S/c1-12-3-6-15(23(28)29)11-17(12)22-20(27)13(2)30-16-7-4-14(5-8-16)21-18(24)9-10-19(25)26/h3-8,11,13H,9-10H2,1-2H3,(H,21,24)(H,22,27)(H,25,26). The van der Waals surface area contributed by atoms with Gasteiger partial charge < -0.3 is 15.7 Å². The zero-order valence-electron chi connectivity index (χ0n) is 16.4. The summed E-state index contributed by atoms with van der Waals surface area (Å²) in [6.07, 6.45) is -0.351. The minimum absolute atomic E-state index is 0.0998. The second-order valence-corrected chi connectivity index (χ2v) is 7.89. The Kier molecular flexibility index (Phi) is 7.93. The molecular weight excluding hydrogens is 410 g/mol. The highest BCUT2D eigenvalue weighted by atomic mass is 32.2. The molecule has 2 amide bonds. The van der Waals surface area contributed by atoms with Crippen LogP contribution in [-0.2, 0) is 14.4 Å². The number of nitrogens with one attached hydrogen (secondary N) is 2. The van der Waals surface area contributed by atoms with Crippen molar-refractivity contribution in [2.24, 2.45) is 0 Å². The molecule has 0 aromatic heterocycles. The fourth-order valence-corrected chi connectivity index (χ4v) is 3.28. The average molecular weight is 431 g/mol. The maximum Gasteiger partial charge on any atom is 0.303 e. The Labute approximate surface area is 177 Å². The lowest BCUT2D eigenvalue weighted by atomic mass is 10.2. The number of benzene rings is 2. The number of non-ortho nitro benzene ring substituents is 1. The topological polar surface area (TPSA) is 139 Å². The summed E-state index contributed by atoms with van der Waals surface area (Å²) in [6.45, 7) is 3.47. The first-order valence-corrected chi connectivity index (χ1v) is 9.88. The largest absolute Gasteiger partial charge is 0.481 e. The summed E-state index contributed by atoms with van der Waals surface area (Å²) >= 11 is 1.29. The minimum atomic E-state index is -1.04. The third-order valence-electron chi connectivity index (χ3n) is 4.08. The number of aliphatic carboxylic acids is 1. The molecule has 2 aromatic rings. The first-order valence-electron chi connectivity index (χ1n) is 9.00. The molecule has 0 saturated carbocycles. The number of carboxylic acids is 1. The lowest BCUT2D eigenvalue weighted by Gasteiger charge is -2.14. The predicted molar refractivity (Wildman–Crippen MR) is 114 cm³/mol. The van der Waals surface area contributed by atoms with Crippen LogP contribution in [0.5, 0.6) is 0 Å². The van der Waals surface area contributed by atoms with E-state index >= 15 is 0 Å². The van der Waals surface area contributed by atoms with E-state index in [9.17, 15) is 24.5 Å². The van der Waals surface area contributed by atoms with Crippen molar-refractivity contribution in [1.82, 2.24) is 0 Å². The van der Waals surface area contributed by atoms with E-state index in [1.54, 1.807) is 44.2 Å². The Hall–Kier alpha value is -3.40. The lowest BCUT2D eigenvalue weighted by molar-refractivity contribution is -0.384. The molecule has 0 radical (unpaired) electrons. The van der Waals surface area contributed by atoms with Gasteiger partial charge in [-0.05, 0) is 43.7 Å². The third-order valence-corrected chi connectivity index (χ3v) is 5.19. The summed E-state index contributed by atoms with van der Waals surface area (Å²) in [6, 6.07) is 11.1. The van der Waals surface area contributed by atoms with Crippen molar-refractivity contribution in [2.75, 3.05) is 10.6 Å². The highest BCUT2D eigenvalue weighted by Gasteiger charge is 2.17. The number of carbonyl (C=O) groups excluding carboxylic acids is 2. The molecule has 2 aromatic carbocycles. The SMILES string of the molecule is Cc1ccc([N+](=O)[O-])cc1NC(=O)C(C)Sc1ccc(NC(=O)CCC(=O)O)cc1. The van der Waals surface area contributed by atoms with Gasteiger partial charge in [0.05, 0.1) is 22.3 Å². The first-order chi connectivity index (χ1) is 14.2. The van der Waals surface area contributed by atoms with Crippen molar-refractivity contribution >= 4 is 46.6 Å². The van der Waals surface area contributed by atoms with Gasteiger partial charge in [0, 0.05) is 29.1 Å². The summed E-state index contributed by atoms with van der Waals surface area (Å²) in [5.41, 5.74) is 1.53. The van der Waals surface area contributed by atoms with Gasteiger partial charge in [-0.25, -0.2) is 0 Å². The third kappa shape index (κ3) is 6.89. The van der Waals surface area contributed by atoms with E-state index in [4.69, 9.17) is 5.11 Å². The Bertz CT molecular complexity index is 962. The first kappa shape index (κ1) is 22.9. The molecule has 0 saturated heterocycles. The Morgan fingerprint density at radius 2 is 1.77 bits per heavy atom. The number of nitro benzene ring substituents is 1. The van der Waals surface area contributed by atoms with Gasteiger partial charge in [-0.1, -0.05) is 6.07 Å². The van der Waals surface area contributed by atoms with Crippen LogP contribution >= 0.6 is 11.8 Å². The van der Waals surface area contributed by atoms with Crippen LogP contribution in [0.2, 0.25) is 0 Å². The molecule has 0 aliphatic heterocycles. The van der Waals surface area contributed by atoms with Crippen LogP contribution in [0.3, 0.4) is 0 Å². The van der Waals surface area contributed by atoms with Gasteiger partial charge in [-0.3, -0.25) is 24.5 Å². The second kappa shape index (κ2) is 10.4. The number of aryl methyl sites for hydroxylation is 1. The van der Waals surface area contributed by atoms with Gasteiger partial charge in [0.25, 0.3) is 5.69 Å². The summed E-state index contributed by atoms with van der Waals surface area (Å²) in [5, 5.41) is 24.4. The van der Waals surface area contributed by atoms with Gasteiger partial charge in [-0.2, -0.15) is 0 Å². The van der Waals surface area contributed by atoms with E-state index in [0.717, 1.165) is 4.90 Å². The molecule has 30 heavy (non-hydrogen) atoms. The van der Waals surface area contributed by atoms with Crippen molar-refractivity contribution in [3.05, 3.63) is 58.1 Å². The Morgan fingerprint density at radius 1 is 1.10 bits per heavy atom. The van der Waals surface area contributed by atoms with E-state index < -0.39 is 22.0 Å². The van der Waals surface area contributed by atoms with E-state index in [1.165, 1.54) is 23.9 Å². The molecule has 1 unspecified atom stereocenters. The van der Waals surface area contributed by atoms with Crippen LogP contribution < -0.4 is 10.6 Å². The highest BCUT2D eigenvalue weighted by Crippen LogP contribution is 2.27. The van der Waals surface area contributed by atoms with Crippen molar-refractivity contribution in [2.45, 2.75) is 36.8 Å². The minimum Gasteiger partial charge on any atom is -0.481 e. The number of hydrogen-bond acceptors (Lipinski definition) is 6. The maximum absolute atomic E-state index is 12.5. The van der Waals surface area contributed by atoms with Gasteiger partial charge in [0.15, 0.2) is 0 Å². The smallest absolute Gasteiger partial charge is 0.303 e. The molecule has 0 aliphatic rings. The molecule has 1 atom stereocenters. The summed E-state index contributed by atoms with van der Waals surface area (Å²) in [5.74, 6) is -1.73. The van der Waals surface area contributed by atoms with Crippen LogP contribution in [0.4, 0.5) is 17.1 Å². The highest BCUT2D eigenvalue weighted by molar-refractivity contribution is 8.00. The van der Waals surface area contributed by atoms with E-state index in [0.29, 0.717) is 16.9 Å². The fourth-order valence-electron chi connectivity index (χ4n) is 2.41. The number of nitro groups is 1. The summed E-state index contributed by atoms with van der Waals surface area (Å²) in [4.78, 5) is 45.8. The molecule has 158 valence electrons. The van der Waals surface area contributed by atoms with E-state index in [-0.39, 0.29) is 24.4 Å². The van der Waals surface area contributed by atoms with E-state index in [2.05, 4.69) is 10.6 Å². The number of carboxylic acid groups (broad SMARTS) is 1. The molecule has 0 spiro atoms. The molecule has 0 fully saturated rings. The monoisotopic (exact) mass is 431 g/mol. The molecular formula is C20H21N3O6S. The number of hydrogen-bond donors (Lipinski definition) is 3. The predicted octanol–water partition coefficient (Wildman–Crippen LogP) is 3.83. The summed E-state index contributed by atoms with van der Waals surface area (Å²) in [7, 11) is 0. The summed E-state index contributed by atoms with van der Waals surface area (Å²) < 4.78 is 0. The van der Waals surface area contributed by atoms with E-state index in [1.807, 2.05) is 0 Å². The zero-order chi connectivity index (χ0) is 22.3. The van der Waals surface area contributed by atoms with Crippen molar-refractivity contribution in [1.29, 1.82) is 0 Å². The molecule has 0 aliphatic carbocycles. The number of nitrogens with zero attached hydrogens (tertiary/aromatic N) is 1. The molecule has 0 bridgehead atoms. The number of rotatable bonds is 9. The molecule has 2 rings (SSSR count). The molecule has 10 heteroatoms. The number of thioether (sulfide) groups is 1. The second-order valence-electron chi connectivity index (χ2n) is 6.47. The molecule has 0 heterocycles. The number of anilines is 2.